The average Bonchev–Trinajstić information content (AvgIpc) is 2.72. The van der Waals surface area contributed by atoms with Crippen molar-refractivity contribution >= 4 is 11.6 Å². The number of amides is 1. The first-order chi connectivity index (χ1) is 14.2. The Morgan fingerprint density at radius 1 is 1.10 bits per heavy atom. The van der Waals surface area contributed by atoms with E-state index in [-0.39, 0.29) is 24.3 Å². The van der Waals surface area contributed by atoms with Gasteiger partial charge in [-0.15, -0.1) is 0 Å². The normalized spacial score (nSPS) is 12.9. The van der Waals surface area contributed by atoms with Gasteiger partial charge in [-0.3, -0.25) is 4.79 Å². The second-order valence-corrected chi connectivity index (χ2v) is 7.80. The minimum absolute atomic E-state index is 0.00139. The molecule has 7 nitrogen and oxygen atoms in total. The molecule has 0 aromatic heterocycles. The van der Waals surface area contributed by atoms with Gasteiger partial charge in [0, 0.05) is 34.2 Å². The maximum Gasteiger partial charge on any atom is 0.259 e. The number of carbonyl (C=O) groups excluding carboxylic acids is 1. The van der Waals surface area contributed by atoms with Crippen molar-refractivity contribution in [3.05, 3.63) is 53.6 Å². The number of aliphatic hydroxyl groups excluding tert-OH is 1. The number of aromatic hydroxyl groups is 1. The predicted octanol–water partition coefficient (Wildman–Crippen LogP) is 2.18. The molecule has 2 atom stereocenters. The van der Waals surface area contributed by atoms with Crippen molar-refractivity contribution in [3.63, 3.8) is 0 Å². The molecular formula is C23H33N3O4. The Balaban J connectivity index is 1.93. The SMILES string of the molecule is CC(NCCc1ccc(OCC(=O)N(C)C)c(N(C)C)c1)C(O)c1ccc(O)cc1. The summed E-state index contributed by atoms with van der Waals surface area (Å²) in [6.07, 6.45) is 0.123. The number of likely N-dealkylation sites (N-methyl/N-ethyl adjacent to an activating group) is 1. The number of carbonyl (C=O) groups is 1. The molecule has 0 bridgehead atoms. The van der Waals surface area contributed by atoms with E-state index in [1.807, 2.05) is 38.1 Å². The molecule has 2 rings (SSSR count). The van der Waals surface area contributed by atoms with Gasteiger partial charge in [-0.1, -0.05) is 18.2 Å². The van der Waals surface area contributed by atoms with Crippen molar-refractivity contribution < 1.29 is 19.7 Å². The van der Waals surface area contributed by atoms with Crippen LogP contribution in [0.2, 0.25) is 0 Å². The maximum atomic E-state index is 11.8. The van der Waals surface area contributed by atoms with Crippen molar-refractivity contribution in [1.29, 1.82) is 0 Å². The molecule has 0 radical (unpaired) electrons. The second-order valence-electron chi connectivity index (χ2n) is 7.80. The standard InChI is InChI=1S/C23H33N3O4/c1-16(23(29)18-7-9-19(27)10-8-18)24-13-12-17-6-11-21(20(14-17)25(2)3)30-15-22(28)26(4)5/h6-11,14,16,23-24,27,29H,12-13,15H2,1-5H3. The van der Waals surface area contributed by atoms with Gasteiger partial charge in [-0.25, -0.2) is 0 Å². The molecule has 0 heterocycles. The van der Waals surface area contributed by atoms with Crippen LogP contribution in [0.1, 0.15) is 24.2 Å². The van der Waals surface area contributed by atoms with E-state index in [2.05, 4.69) is 11.4 Å². The molecule has 0 aliphatic carbocycles. The molecule has 0 aliphatic rings. The number of benzene rings is 2. The van der Waals surface area contributed by atoms with Crippen molar-refractivity contribution in [2.24, 2.45) is 0 Å². The summed E-state index contributed by atoms with van der Waals surface area (Å²) in [6.45, 7) is 2.63. The highest BCUT2D eigenvalue weighted by Gasteiger charge is 2.16. The van der Waals surface area contributed by atoms with Crippen molar-refractivity contribution in [3.8, 4) is 11.5 Å². The molecule has 164 valence electrons. The van der Waals surface area contributed by atoms with Gasteiger partial charge in [-0.05, 0) is 55.3 Å². The number of phenolic OH excluding ortho intramolecular Hbond substituents is 1. The third-order valence-corrected chi connectivity index (χ3v) is 4.94. The van der Waals surface area contributed by atoms with E-state index in [1.165, 1.54) is 4.90 Å². The highest BCUT2D eigenvalue weighted by molar-refractivity contribution is 5.77. The number of anilines is 1. The Morgan fingerprint density at radius 3 is 2.37 bits per heavy atom. The van der Waals surface area contributed by atoms with Gasteiger partial charge in [0.1, 0.15) is 11.5 Å². The fourth-order valence-corrected chi connectivity index (χ4v) is 2.97. The van der Waals surface area contributed by atoms with Crippen LogP contribution in [0, 0.1) is 0 Å². The van der Waals surface area contributed by atoms with E-state index in [0.717, 1.165) is 23.2 Å². The molecule has 2 unspecified atom stereocenters. The van der Waals surface area contributed by atoms with E-state index < -0.39 is 6.10 Å². The first kappa shape index (κ1) is 23.5. The van der Waals surface area contributed by atoms with Crippen molar-refractivity contribution in [2.75, 3.05) is 46.2 Å². The van der Waals surface area contributed by atoms with E-state index in [9.17, 15) is 15.0 Å². The predicted molar refractivity (Wildman–Crippen MR) is 119 cm³/mol. The summed E-state index contributed by atoms with van der Waals surface area (Å²) in [5, 5.41) is 23.2. The second kappa shape index (κ2) is 10.8. The summed E-state index contributed by atoms with van der Waals surface area (Å²) in [4.78, 5) is 15.3. The highest BCUT2D eigenvalue weighted by Crippen LogP contribution is 2.28. The first-order valence-electron chi connectivity index (χ1n) is 10.0. The molecule has 7 heteroatoms. The number of phenols is 1. The molecule has 0 spiro atoms. The van der Waals surface area contributed by atoms with Crippen LogP contribution < -0.4 is 15.0 Å². The summed E-state index contributed by atoms with van der Waals surface area (Å²) < 4.78 is 5.71. The lowest BCUT2D eigenvalue weighted by Gasteiger charge is -2.22. The van der Waals surface area contributed by atoms with Crippen LogP contribution in [0.3, 0.4) is 0 Å². The van der Waals surface area contributed by atoms with Crippen molar-refractivity contribution in [1.82, 2.24) is 10.2 Å². The zero-order valence-corrected chi connectivity index (χ0v) is 18.4. The fraction of sp³-hybridized carbons (Fsp3) is 0.435. The number of hydrogen-bond acceptors (Lipinski definition) is 6. The molecule has 2 aromatic carbocycles. The summed E-state index contributed by atoms with van der Waals surface area (Å²) in [5.41, 5.74) is 2.80. The lowest BCUT2D eigenvalue weighted by Crippen LogP contribution is -2.33. The van der Waals surface area contributed by atoms with E-state index in [1.54, 1.807) is 38.4 Å². The third-order valence-electron chi connectivity index (χ3n) is 4.94. The van der Waals surface area contributed by atoms with Gasteiger partial charge >= 0.3 is 0 Å². The van der Waals surface area contributed by atoms with Gasteiger partial charge in [0.15, 0.2) is 6.61 Å². The zero-order chi connectivity index (χ0) is 22.3. The minimum atomic E-state index is -0.659. The van der Waals surface area contributed by atoms with Crippen LogP contribution >= 0.6 is 0 Å². The van der Waals surface area contributed by atoms with Crippen molar-refractivity contribution in [2.45, 2.75) is 25.5 Å². The molecular weight excluding hydrogens is 382 g/mol. The summed E-state index contributed by atoms with van der Waals surface area (Å²) in [7, 11) is 7.28. The lowest BCUT2D eigenvalue weighted by atomic mass is 10.0. The molecule has 2 aromatic rings. The molecule has 3 N–H and O–H groups in total. The number of aliphatic hydroxyl groups is 1. The average molecular weight is 416 g/mol. The Bertz CT molecular complexity index is 822. The summed E-state index contributed by atoms with van der Waals surface area (Å²) in [5.74, 6) is 0.763. The number of nitrogens with one attached hydrogen (secondary N) is 1. The molecule has 0 fully saturated rings. The van der Waals surface area contributed by atoms with Crippen LogP contribution in [-0.4, -0.2) is 68.4 Å². The van der Waals surface area contributed by atoms with E-state index in [0.29, 0.717) is 12.3 Å². The Morgan fingerprint density at radius 2 is 1.77 bits per heavy atom. The first-order valence-corrected chi connectivity index (χ1v) is 10.0. The Kier molecular flexibility index (Phi) is 8.50. The summed E-state index contributed by atoms with van der Waals surface area (Å²) in [6, 6.07) is 12.4. The maximum absolute atomic E-state index is 11.8. The largest absolute Gasteiger partial charge is 0.508 e. The molecule has 30 heavy (non-hydrogen) atoms. The van der Waals surface area contributed by atoms with Crippen LogP contribution in [0.5, 0.6) is 11.5 Å². The zero-order valence-electron chi connectivity index (χ0n) is 18.4. The molecule has 0 aliphatic heterocycles. The lowest BCUT2D eigenvalue weighted by molar-refractivity contribution is -0.130. The minimum Gasteiger partial charge on any atom is -0.508 e. The number of nitrogens with zero attached hydrogens (tertiary/aromatic N) is 2. The Labute approximate surface area is 178 Å². The van der Waals surface area contributed by atoms with Crippen LogP contribution in [0.15, 0.2) is 42.5 Å². The quantitative estimate of drug-likeness (QED) is 0.552. The number of rotatable bonds is 10. The van der Waals surface area contributed by atoms with E-state index >= 15 is 0 Å². The van der Waals surface area contributed by atoms with Gasteiger partial charge in [-0.2, -0.15) is 0 Å². The number of hydrogen-bond donors (Lipinski definition) is 3. The van der Waals surface area contributed by atoms with Crippen LogP contribution in [0.4, 0.5) is 5.69 Å². The fourth-order valence-electron chi connectivity index (χ4n) is 2.97. The molecule has 0 saturated carbocycles. The third kappa shape index (κ3) is 6.64. The molecule has 0 saturated heterocycles. The van der Waals surface area contributed by atoms with Crippen LogP contribution in [-0.2, 0) is 11.2 Å². The number of ether oxygens (including phenoxy) is 1. The Hall–Kier alpha value is -2.77. The summed E-state index contributed by atoms with van der Waals surface area (Å²) >= 11 is 0. The molecule has 1 amide bonds. The van der Waals surface area contributed by atoms with Gasteiger partial charge in [0.05, 0.1) is 11.8 Å². The van der Waals surface area contributed by atoms with Gasteiger partial charge < -0.3 is 30.1 Å². The van der Waals surface area contributed by atoms with E-state index in [4.69, 9.17) is 4.74 Å². The topological polar surface area (TPSA) is 85.3 Å². The highest BCUT2D eigenvalue weighted by atomic mass is 16.5. The van der Waals surface area contributed by atoms with Crippen LogP contribution in [0.25, 0.3) is 0 Å². The monoisotopic (exact) mass is 415 g/mol. The van der Waals surface area contributed by atoms with Gasteiger partial charge in [0.2, 0.25) is 0 Å². The smallest absolute Gasteiger partial charge is 0.259 e. The van der Waals surface area contributed by atoms with Gasteiger partial charge in [0.25, 0.3) is 5.91 Å².